The molecule has 21 heavy (non-hydrogen) atoms. The van der Waals surface area contributed by atoms with Gasteiger partial charge >= 0.3 is 0 Å². The van der Waals surface area contributed by atoms with E-state index in [0.717, 1.165) is 30.5 Å². The molecule has 0 fully saturated rings. The average molecular weight is 325 g/mol. The molecule has 2 unspecified atom stereocenters. The SMILES string of the molecule is CP.N=C(C1CCc2[nH]ncc2C1)n1ccnc(Cl)c1=N. The van der Waals surface area contributed by atoms with Gasteiger partial charge in [-0.15, -0.1) is 9.24 Å². The summed E-state index contributed by atoms with van der Waals surface area (Å²) in [5.41, 5.74) is 2.38. The fraction of sp³-hybridized carbons (Fsp3) is 0.385. The maximum Gasteiger partial charge on any atom is 0.171 e. The Morgan fingerprint density at radius 3 is 3.05 bits per heavy atom. The Balaban J connectivity index is 0.000000774. The molecule has 1 aliphatic carbocycles. The minimum absolute atomic E-state index is 0.0622. The Labute approximate surface area is 130 Å². The lowest BCUT2D eigenvalue weighted by molar-refractivity contribution is 0.559. The standard InChI is InChI=1S/C12H13ClN6.CH5P/c13-10-12(15)19(4-3-16-10)11(14)7-1-2-9-8(5-7)6-17-18-9;1-2/h3-4,6-7,14-15H,1-2,5H2,(H,17,18);2H2,1H3. The van der Waals surface area contributed by atoms with Gasteiger partial charge in [-0.25, -0.2) is 4.98 Å². The van der Waals surface area contributed by atoms with Gasteiger partial charge in [0.2, 0.25) is 0 Å². The van der Waals surface area contributed by atoms with Crippen LogP contribution in [0.4, 0.5) is 0 Å². The lowest BCUT2D eigenvalue weighted by Crippen LogP contribution is -2.34. The van der Waals surface area contributed by atoms with Gasteiger partial charge in [-0.05, 0) is 24.8 Å². The first kappa shape index (κ1) is 15.9. The largest absolute Gasteiger partial charge is 0.288 e. The zero-order valence-corrected chi connectivity index (χ0v) is 13.6. The van der Waals surface area contributed by atoms with Gasteiger partial charge in [0, 0.05) is 24.0 Å². The highest BCUT2D eigenvalue weighted by Crippen LogP contribution is 2.24. The molecule has 112 valence electrons. The second-order valence-corrected chi connectivity index (χ2v) is 4.99. The number of H-pyrrole nitrogens is 1. The number of aromatic amines is 1. The van der Waals surface area contributed by atoms with E-state index in [9.17, 15) is 0 Å². The fourth-order valence-corrected chi connectivity index (χ4v) is 2.60. The molecule has 0 amide bonds. The summed E-state index contributed by atoms with van der Waals surface area (Å²) in [5, 5.41) is 23.3. The van der Waals surface area contributed by atoms with Crippen LogP contribution in [0.1, 0.15) is 17.7 Å². The van der Waals surface area contributed by atoms with Gasteiger partial charge < -0.3 is 0 Å². The third kappa shape index (κ3) is 3.22. The highest BCUT2D eigenvalue weighted by Gasteiger charge is 2.24. The van der Waals surface area contributed by atoms with E-state index in [1.165, 1.54) is 10.8 Å². The maximum atomic E-state index is 8.28. The molecule has 1 aliphatic rings. The summed E-state index contributed by atoms with van der Waals surface area (Å²) in [4.78, 5) is 3.84. The molecule has 0 aromatic carbocycles. The first-order valence-electron chi connectivity index (χ1n) is 6.62. The van der Waals surface area contributed by atoms with E-state index in [-0.39, 0.29) is 16.6 Å². The highest BCUT2D eigenvalue weighted by atomic mass is 35.5. The van der Waals surface area contributed by atoms with Gasteiger partial charge in [0.15, 0.2) is 10.6 Å². The van der Waals surface area contributed by atoms with Gasteiger partial charge in [-0.2, -0.15) is 5.10 Å². The van der Waals surface area contributed by atoms with Crippen molar-refractivity contribution in [2.75, 3.05) is 6.66 Å². The van der Waals surface area contributed by atoms with Crippen LogP contribution in [0.15, 0.2) is 18.6 Å². The van der Waals surface area contributed by atoms with Crippen molar-refractivity contribution >= 4 is 26.7 Å². The summed E-state index contributed by atoms with van der Waals surface area (Å²) in [6.45, 7) is 1.92. The third-order valence-electron chi connectivity index (χ3n) is 3.50. The van der Waals surface area contributed by atoms with Crippen LogP contribution in [-0.2, 0) is 12.8 Å². The average Bonchev–Trinajstić information content (AvgIpc) is 2.99. The normalized spacial score (nSPS) is 16.6. The number of rotatable bonds is 1. The minimum atomic E-state index is 0.0622. The molecular weight excluding hydrogens is 307 g/mol. The second-order valence-electron chi connectivity index (χ2n) is 4.64. The van der Waals surface area contributed by atoms with Crippen molar-refractivity contribution in [1.29, 1.82) is 10.8 Å². The molecule has 2 aromatic rings. The Hall–Kier alpha value is -1.52. The number of aromatic nitrogens is 4. The summed E-state index contributed by atoms with van der Waals surface area (Å²) in [6.07, 6.45) is 7.48. The van der Waals surface area contributed by atoms with Gasteiger partial charge in [-0.3, -0.25) is 20.5 Å². The Bertz CT molecular complexity index is 692. The van der Waals surface area contributed by atoms with Crippen molar-refractivity contribution in [3.8, 4) is 0 Å². The molecule has 0 radical (unpaired) electrons. The second kappa shape index (κ2) is 6.96. The summed E-state index contributed by atoms with van der Waals surface area (Å²) in [6, 6.07) is 0. The number of aryl methyl sites for hydroxylation is 1. The smallest absolute Gasteiger partial charge is 0.171 e. The number of nitrogens with zero attached hydrogens (tertiary/aromatic N) is 3. The van der Waals surface area contributed by atoms with Crippen LogP contribution in [0, 0.1) is 16.7 Å². The predicted molar refractivity (Wildman–Crippen MR) is 86.0 cm³/mol. The summed E-state index contributed by atoms with van der Waals surface area (Å²) < 4.78 is 1.49. The van der Waals surface area contributed by atoms with E-state index in [4.69, 9.17) is 22.4 Å². The van der Waals surface area contributed by atoms with Crippen molar-refractivity contribution in [1.82, 2.24) is 19.7 Å². The van der Waals surface area contributed by atoms with Crippen molar-refractivity contribution < 1.29 is 0 Å². The lowest BCUT2D eigenvalue weighted by Gasteiger charge is -2.23. The molecule has 0 saturated heterocycles. The molecule has 0 saturated carbocycles. The topological polar surface area (TPSA) is 94.2 Å². The van der Waals surface area contributed by atoms with E-state index < -0.39 is 0 Å². The predicted octanol–water partition coefficient (Wildman–Crippen LogP) is 1.86. The molecule has 0 spiro atoms. The molecule has 0 bridgehead atoms. The third-order valence-corrected chi connectivity index (χ3v) is 3.78. The lowest BCUT2D eigenvalue weighted by atomic mass is 9.87. The quantitative estimate of drug-likeness (QED) is 0.424. The summed E-state index contributed by atoms with van der Waals surface area (Å²) in [5.74, 6) is 0.471. The van der Waals surface area contributed by atoms with Crippen molar-refractivity contribution in [2.24, 2.45) is 5.92 Å². The minimum Gasteiger partial charge on any atom is -0.288 e. The Morgan fingerprint density at radius 2 is 2.29 bits per heavy atom. The first-order valence-corrected chi connectivity index (χ1v) is 8.15. The molecule has 3 N–H and O–H groups in total. The molecule has 8 heteroatoms. The molecular formula is C13H18ClN6P. The zero-order chi connectivity index (χ0) is 15.4. The number of hydrogen-bond acceptors (Lipinski definition) is 4. The monoisotopic (exact) mass is 324 g/mol. The van der Waals surface area contributed by atoms with Crippen LogP contribution in [-0.4, -0.2) is 32.2 Å². The molecule has 0 aliphatic heterocycles. The Kier molecular flexibility index (Phi) is 5.26. The maximum absolute atomic E-state index is 8.28. The van der Waals surface area contributed by atoms with Crippen LogP contribution >= 0.6 is 20.8 Å². The van der Waals surface area contributed by atoms with Crippen LogP contribution in [0.25, 0.3) is 0 Å². The summed E-state index contributed by atoms with van der Waals surface area (Å²) >= 11 is 5.83. The van der Waals surface area contributed by atoms with Gasteiger partial charge in [-0.1, -0.05) is 18.3 Å². The first-order chi connectivity index (χ1) is 10.2. The van der Waals surface area contributed by atoms with Crippen molar-refractivity contribution in [2.45, 2.75) is 19.3 Å². The zero-order valence-electron chi connectivity index (χ0n) is 11.7. The highest BCUT2D eigenvalue weighted by molar-refractivity contribution is 7.15. The molecule has 2 heterocycles. The number of hydrogen-bond donors (Lipinski definition) is 3. The van der Waals surface area contributed by atoms with E-state index in [1.54, 1.807) is 6.20 Å². The van der Waals surface area contributed by atoms with Gasteiger partial charge in [0.25, 0.3) is 0 Å². The van der Waals surface area contributed by atoms with Crippen LogP contribution < -0.4 is 5.49 Å². The van der Waals surface area contributed by atoms with E-state index >= 15 is 0 Å². The van der Waals surface area contributed by atoms with Crippen LogP contribution in [0.3, 0.4) is 0 Å². The van der Waals surface area contributed by atoms with E-state index in [2.05, 4.69) is 24.4 Å². The number of nitrogens with one attached hydrogen (secondary N) is 3. The molecule has 2 aromatic heterocycles. The van der Waals surface area contributed by atoms with Crippen molar-refractivity contribution in [3.05, 3.63) is 40.5 Å². The van der Waals surface area contributed by atoms with E-state index in [0.29, 0.717) is 5.84 Å². The Morgan fingerprint density at radius 1 is 1.52 bits per heavy atom. The number of halogens is 1. The van der Waals surface area contributed by atoms with Crippen molar-refractivity contribution in [3.63, 3.8) is 0 Å². The fourth-order valence-electron chi connectivity index (χ4n) is 2.45. The van der Waals surface area contributed by atoms with Crippen LogP contribution in [0.2, 0.25) is 5.15 Å². The van der Waals surface area contributed by atoms with E-state index in [1.807, 2.05) is 12.9 Å². The van der Waals surface area contributed by atoms with Crippen LogP contribution in [0.5, 0.6) is 0 Å². The van der Waals surface area contributed by atoms with Gasteiger partial charge in [0.1, 0.15) is 5.84 Å². The van der Waals surface area contributed by atoms with Gasteiger partial charge in [0.05, 0.1) is 6.20 Å². The molecule has 3 rings (SSSR count). The molecule has 6 nitrogen and oxygen atoms in total. The number of fused-ring (bicyclic) bond motifs is 1. The molecule has 2 atom stereocenters. The summed E-state index contributed by atoms with van der Waals surface area (Å²) in [7, 11) is 2.42.